The summed E-state index contributed by atoms with van der Waals surface area (Å²) in [5.74, 6) is -3.48. The van der Waals surface area contributed by atoms with Gasteiger partial charge in [0.05, 0.1) is 24.9 Å². The molecule has 0 aromatic heterocycles. The molecule has 1 aliphatic heterocycles. The molecule has 1 saturated heterocycles. The van der Waals surface area contributed by atoms with Crippen molar-refractivity contribution in [2.75, 3.05) is 7.11 Å². The second-order valence-electron chi connectivity index (χ2n) is 5.44. The van der Waals surface area contributed by atoms with Crippen LogP contribution in [0.25, 0.3) is 0 Å². The zero-order chi connectivity index (χ0) is 13.8. The largest absolute Gasteiger partial charge is 0.469 e. The highest BCUT2D eigenvalue weighted by Crippen LogP contribution is 2.63. The molecule has 2 saturated carbocycles. The minimum absolute atomic E-state index is 0.00134. The Labute approximate surface area is 110 Å². The molecule has 0 spiro atoms. The minimum Gasteiger partial charge on any atom is -0.469 e. The summed E-state index contributed by atoms with van der Waals surface area (Å²) in [5, 5.41) is 0. The molecule has 2 aliphatic carbocycles. The van der Waals surface area contributed by atoms with Gasteiger partial charge in [0, 0.05) is 12.8 Å². The molecule has 5 unspecified atom stereocenters. The number of carbonyl (C=O) groups is 3. The molecule has 0 aromatic rings. The van der Waals surface area contributed by atoms with Crippen LogP contribution >= 0.6 is 0 Å². The van der Waals surface area contributed by atoms with Gasteiger partial charge in [-0.1, -0.05) is 6.92 Å². The van der Waals surface area contributed by atoms with Crippen LogP contribution in [-0.4, -0.2) is 30.8 Å². The van der Waals surface area contributed by atoms with Gasteiger partial charge in [-0.3, -0.25) is 14.4 Å². The van der Waals surface area contributed by atoms with Crippen molar-refractivity contribution in [3.05, 3.63) is 0 Å². The van der Waals surface area contributed by atoms with Crippen LogP contribution in [0.2, 0.25) is 0 Å². The van der Waals surface area contributed by atoms with Crippen molar-refractivity contribution >= 4 is 17.9 Å². The Morgan fingerprint density at radius 3 is 2.84 bits per heavy atom. The maximum Gasteiger partial charge on any atom is 0.313 e. The summed E-state index contributed by atoms with van der Waals surface area (Å²) < 4.78 is 15.5. The van der Waals surface area contributed by atoms with Gasteiger partial charge in [-0.25, -0.2) is 0 Å². The maximum atomic E-state index is 12.0. The summed E-state index contributed by atoms with van der Waals surface area (Å²) in [5.41, 5.74) is 0. The molecular weight excluding hydrogens is 252 g/mol. The molecule has 3 fully saturated rings. The van der Waals surface area contributed by atoms with E-state index in [4.69, 9.17) is 14.2 Å². The van der Waals surface area contributed by atoms with E-state index in [0.29, 0.717) is 12.8 Å². The normalized spacial score (nSPS) is 42.1. The number of hydrogen-bond acceptors (Lipinski definition) is 6. The molecule has 6 heteroatoms. The highest BCUT2D eigenvalue weighted by atomic mass is 16.7. The first-order chi connectivity index (χ1) is 9.02. The Kier molecular flexibility index (Phi) is 2.59. The van der Waals surface area contributed by atoms with Crippen molar-refractivity contribution in [3.8, 4) is 0 Å². The molecular formula is C13H16O6. The van der Waals surface area contributed by atoms with Gasteiger partial charge in [-0.05, 0) is 12.3 Å². The van der Waals surface area contributed by atoms with Crippen LogP contribution in [0.1, 0.15) is 26.2 Å². The highest BCUT2D eigenvalue weighted by molar-refractivity contribution is 5.86. The van der Waals surface area contributed by atoms with E-state index in [1.54, 1.807) is 6.92 Å². The van der Waals surface area contributed by atoms with Gasteiger partial charge >= 0.3 is 17.9 Å². The number of hydrogen-bond donors (Lipinski definition) is 0. The van der Waals surface area contributed by atoms with Crippen molar-refractivity contribution in [2.45, 2.75) is 32.0 Å². The second kappa shape index (κ2) is 3.95. The summed E-state index contributed by atoms with van der Waals surface area (Å²) in [6.45, 7) is 1.69. The molecule has 104 valence electrons. The maximum absolute atomic E-state index is 12.0. The molecule has 0 radical (unpaired) electrons. The summed E-state index contributed by atoms with van der Waals surface area (Å²) >= 11 is 0. The van der Waals surface area contributed by atoms with Crippen molar-refractivity contribution < 1.29 is 28.6 Å². The van der Waals surface area contributed by atoms with Gasteiger partial charge in [0.25, 0.3) is 5.79 Å². The van der Waals surface area contributed by atoms with E-state index in [2.05, 4.69) is 0 Å². The average Bonchev–Trinajstić information content (AvgIpc) is 2.95. The molecule has 0 N–H and O–H groups in total. The second-order valence-corrected chi connectivity index (χ2v) is 5.44. The van der Waals surface area contributed by atoms with Crippen molar-refractivity contribution in [2.24, 2.45) is 23.7 Å². The molecule has 3 rings (SSSR count). The van der Waals surface area contributed by atoms with E-state index in [1.807, 2.05) is 0 Å². The van der Waals surface area contributed by atoms with Crippen molar-refractivity contribution in [3.63, 3.8) is 0 Å². The van der Waals surface area contributed by atoms with Crippen LogP contribution < -0.4 is 0 Å². The summed E-state index contributed by atoms with van der Waals surface area (Å²) in [6.07, 6.45) is 1.32. The van der Waals surface area contributed by atoms with Crippen LogP contribution in [0.15, 0.2) is 0 Å². The number of ether oxygens (including phenoxy) is 3. The third-order valence-electron chi connectivity index (χ3n) is 4.59. The summed E-state index contributed by atoms with van der Waals surface area (Å²) in [4.78, 5) is 35.3. The molecule has 19 heavy (non-hydrogen) atoms. The Hall–Kier alpha value is -1.59. The quantitative estimate of drug-likeness (QED) is 0.699. The number of esters is 3. The molecule has 5 atom stereocenters. The van der Waals surface area contributed by atoms with Gasteiger partial charge < -0.3 is 14.2 Å². The first-order valence-electron chi connectivity index (χ1n) is 6.55. The van der Waals surface area contributed by atoms with Gasteiger partial charge in [-0.15, -0.1) is 0 Å². The predicted octanol–water partition coefficient (Wildman–Crippen LogP) is 0.638. The summed E-state index contributed by atoms with van der Waals surface area (Å²) in [6, 6.07) is 0. The lowest BCUT2D eigenvalue weighted by atomic mass is 9.78. The van der Waals surface area contributed by atoms with Crippen LogP contribution in [0.3, 0.4) is 0 Å². The van der Waals surface area contributed by atoms with E-state index in [0.717, 1.165) is 0 Å². The molecule has 6 nitrogen and oxygen atoms in total. The summed E-state index contributed by atoms with van der Waals surface area (Å²) in [7, 11) is 1.32. The van der Waals surface area contributed by atoms with Crippen molar-refractivity contribution in [1.82, 2.24) is 0 Å². The number of rotatable bonds is 3. The van der Waals surface area contributed by atoms with Crippen LogP contribution in [0, 0.1) is 23.7 Å². The standard InChI is InChI=1S/C13H16O6/c1-3-8(14)18-13-5-6-4-7(13)10(12(16)19-13)9(6)11(15)17-2/h6-7,9-10H,3-5H2,1-2H3. The SMILES string of the molecule is CCC(=O)OC12CC3CC1C(C(=O)O2)C3C(=O)OC. The van der Waals surface area contributed by atoms with Crippen LogP contribution in [0.4, 0.5) is 0 Å². The molecule has 3 aliphatic rings. The fourth-order valence-electron chi connectivity index (χ4n) is 3.89. The van der Waals surface area contributed by atoms with E-state index >= 15 is 0 Å². The average molecular weight is 268 g/mol. The first kappa shape index (κ1) is 12.4. The predicted molar refractivity (Wildman–Crippen MR) is 60.4 cm³/mol. The smallest absolute Gasteiger partial charge is 0.313 e. The lowest BCUT2D eigenvalue weighted by Crippen LogP contribution is -2.42. The van der Waals surface area contributed by atoms with Gasteiger partial charge in [0.15, 0.2) is 0 Å². The molecule has 0 aromatic carbocycles. The zero-order valence-electron chi connectivity index (χ0n) is 10.9. The number of fused-ring (bicyclic) bond motifs is 1. The van der Waals surface area contributed by atoms with Gasteiger partial charge in [0.2, 0.25) is 0 Å². The van der Waals surface area contributed by atoms with E-state index in [-0.39, 0.29) is 30.2 Å². The topological polar surface area (TPSA) is 78.9 Å². The third kappa shape index (κ3) is 1.52. The molecule has 0 amide bonds. The minimum atomic E-state index is -1.12. The van der Waals surface area contributed by atoms with Crippen LogP contribution in [-0.2, 0) is 28.6 Å². The molecule has 1 heterocycles. The van der Waals surface area contributed by atoms with Crippen molar-refractivity contribution in [1.29, 1.82) is 0 Å². The van der Waals surface area contributed by atoms with E-state index in [9.17, 15) is 14.4 Å². The fraction of sp³-hybridized carbons (Fsp3) is 0.769. The Balaban J connectivity index is 1.88. The molecule has 2 bridgehead atoms. The van der Waals surface area contributed by atoms with E-state index in [1.165, 1.54) is 7.11 Å². The lowest BCUT2D eigenvalue weighted by molar-refractivity contribution is -0.223. The van der Waals surface area contributed by atoms with Gasteiger partial charge in [-0.2, -0.15) is 0 Å². The third-order valence-corrected chi connectivity index (χ3v) is 4.59. The monoisotopic (exact) mass is 268 g/mol. The van der Waals surface area contributed by atoms with E-state index < -0.39 is 23.6 Å². The fourth-order valence-corrected chi connectivity index (χ4v) is 3.89. The highest BCUT2D eigenvalue weighted by Gasteiger charge is 2.73. The lowest BCUT2D eigenvalue weighted by Gasteiger charge is -2.31. The number of methoxy groups -OCH3 is 1. The van der Waals surface area contributed by atoms with Gasteiger partial charge in [0.1, 0.15) is 0 Å². The Morgan fingerprint density at radius 1 is 1.47 bits per heavy atom. The number of carbonyl (C=O) groups excluding carboxylic acids is 3. The first-order valence-corrected chi connectivity index (χ1v) is 6.55. The Morgan fingerprint density at radius 2 is 2.21 bits per heavy atom. The van der Waals surface area contributed by atoms with Crippen LogP contribution in [0.5, 0.6) is 0 Å². The zero-order valence-corrected chi connectivity index (χ0v) is 10.9. The Bertz CT molecular complexity index is 458.